The maximum absolute atomic E-state index is 13.4. The molecule has 3 aliphatic rings. The summed E-state index contributed by atoms with van der Waals surface area (Å²) in [6.45, 7) is 8.33. The lowest BCUT2D eigenvalue weighted by atomic mass is 9.82. The number of nitrogens with two attached hydrogens (primary N) is 1. The maximum Gasteiger partial charge on any atom is 0.242 e. The van der Waals surface area contributed by atoms with Gasteiger partial charge in [0, 0.05) is 45.8 Å². The first-order chi connectivity index (χ1) is 17.4. The molecule has 0 bridgehead atoms. The number of aryl methyl sites for hydroxylation is 1. The number of hydrogen-bond acceptors (Lipinski definition) is 5. The lowest BCUT2D eigenvalue weighted by molar-refractivity contribution is -0.142. The highest BCUT2D eigenvalue weighted by Crippen LogP contribution is 2.29. The van der Waals surface area contributed by atoms with E-state index in [-0.39, 0.29) is 24.0 Å². The van der Waals surface area contributed by atoms with Crippen LogP contribution in [0.2, 0.25) is 0 Å². The van der Waals surface area contributed by atoms with Gasteiger partial charge in [-0.2, -0.15) is 0 Å². The van der Waals surface area contributed by atoms with Gasteiger partial charge in [0.15, 0.2) is 0 Å². The predicted molar refractivity (Wildman–Crippen MR) is 142 cm³/mol. The second-order valence-corrected chi connectivity index (χ2v) is 11.3. The van der Waals surface area contributed by atoms with Crippen LogP contribution in [0.15, 0.2) is 24.3 Å². The Bertz CT molecular complexity index is 847. The van der Waals surface area contributed by atoms with Crippen LogP contribution in [-0.4, -0.2) is 72.6 Å². The van der Waals surface area contributed by atoms with Gasteiger partial charge in [0.25, 0.3) is 0 Å². The third-order valence-corrected chi connectivity index (χ3v) is 8.63. The molecule has 3 fully saturated rings. The molecular weight excluding hydrogens is 452 g/mol. The van der Waals surface area contributed by atoms with Gasteiger partial charge in [0.05, 0.1) is 6.10 Å². The van der Waals surface area contributed by atoms with Gasteiger partial charge in [-0.15, -0.1) is 0 Å². The number of amides is 2. The zero-order chi connectivity index (χ0) is 25.5. The topological polar surface area (TPSA) is 87.9 Å². The summed E-state index contributed by atoms with van der Waals surface area (Å²) in [5.41, 5.74) is 8.37. The molecule has 4 rings (SSSR count). The van der Waals surface area contributed by atoms with Gasteiger partial charge < -0.3 is 20.7 Å². The van der Waals surface area contributed by atoms with Crippen molar-refractivity contribution in [2.75, 3.05) is 32.8 Å². The summed E-state index contributed by atoms with van der Waals surface area (Å²) in [6, 6.07) is 8.55. The number of rotatable bonds is 9. The van der Waals surface area contributed by atoms with Gasteiger partial charge in [0.1, 0.15) is 6.04 Å². The Morgan fingerprint density at radius 2 is 1.81 bits per heavy atom. The highest BCUT2D eigenvalue weighted by atomic mass is 16.5. The predicted octanol–water partition coefficient (Wildman–Crippen LogP) is 3.24. The number of carbonyl (C=O) groups is 2. The Hall–Kier alpha value is -1.96. The van der Waals surface area contributed by atoms with E-state index in [2.05, 4.69) is 41.4 Å². The number of piperidine rings is 1. The van der Waals surface area contributed by atoms with Crippen LogP contribution in [0.1, 0.15) is 69.4 Å². The normalized spacial score (nSPS) is 28.9. The van der Waals surface area contributed by atoms with Crippen molar-refractivity contribution >= 4 is 11.8 Å². The second kappa shape index (κ2) is 13.0. The number of benzene rings is 1. The lowest BCUT2D eigenvalue weighted by Gasteiger charge is -2.43. The zero-order valence-corrected chi connectivity index (χ0v) is 22.3. The molecule has 1 aliphatic carbocycles. The molecule has 3 N–H and O–H groups in total. The smallest absolute Gasteiger partial charge is 0.242 e. The fraction of sp³-hybridized carbons (Fsp3) is 0.724. The second-order valence-electron chi connectivity index (χ2n) is 11.3. The minimum atomic E-state index is -0.411. The lowest BCUT2D eigenvalue weighted by Crippen LogP contribution is -2.57. The average Bonchev–Trinajstić information content (AvgIpc) is 3.41. The standard InChI is InChI=1S/C29H46N4O3/c1-21-5-7-25(8-6-21)19-32(20-27-4-3-15-36-27)26-13-14-33(22(2)34)28(16-26)29(35)31-18-24-11-9-23(17-30)10-12-24/h5-8,23-24,26-28H,3-4,9-20,30H2,1-2H3,(H,31,35)/t23?,24?,26?,27?,28-/m1/s1. The van der Waals surface area contributed by atoms with Crippen molar-refractivity contribution in [1.82, 2.24) is 15.1 Å². The van der Waals surface area contributed by atoms with Gasteiger partial charge in [-0.25, -0.2) is 0 Å². The van der Waals surface area contributed by atoms with Crippen LogP contribution in [-0.2, 0) is 20.9 Å². The molecule has 200 valence electrons. The van der Waals surface area contributed by atoms with Gasteiger partial charge in [0.2, 0.25) is 11.8 Å². The molecule has 0 radical (unpaired) electrons. The first-order valence-electron chi connectivity index (χ1n) is 14.1. The maximum atomic E-state index is 13.4. The van der Waals surface area contributed by atoms with Crippen molar-refractivity contribution in [2.45, 2.75) is 89.9 Å². The van der Waals surface area contributed by atoms with E-state index < -0.39 is 6.04 Å². The third-order valence-electron chi connectivity index (χ3n) is 8.63. The summed E-state index contributed by atoms with van der Waals surface area (Å²) in [6.07, 6.45) is 8.55. The molecule has 2 amide bonds. The molecule has 1 saturated carbocycles. The van der Waals surface area contributed by atoms with E-state index in [1.54, 1.807) is 11.8 Å². The van der Waals surface area contributed by atoms with E-state index in [0.717, 1.165) is 71.2 Å². The first kappa shape index (κ1) is 27.1. The Kier molecular flexibility index (Phi) is 9.80. The highest BCUT2D eigenvalue weighted by molar-refractivity contribution is 5.87. The van der Waals surface area contributed by atoms with Crippen molar-refractivity contribution in [3.8, 4) is 0 Å². The number of nitrogens with zero attached hydrogens (tertiary/aromatic N) is 2. The number of carbonyl (C=O) groups excluding carboxylic acids is 2. The van der Waals surface area contributed by atoms with Crippen molar-refractivity contribution in [3.63, 3.8) is 0 Å². The number of ether oxygens (including phenoxy) is 1. The summed E-state index contributed by atoms with van der Waals surface area (Å²) < 4.78 is 5.99. The molecule has 0 aromatic heterocycles. The van der Waals surface area contributed by atoms with Crippen LogP contribution in [0.3, 0.4) is 0 Å². The van der Waals surface area contributed by atoms with Crippen molar-refractivity contribution in [1.29, 1.82) is 0 Å². The molecule has 36 heavy (non-hydrogen) atoms. The van der Waals surface area contributed by atoms with Gasteiger partial charge in [-0.05, 0) is 82.2 Å². The minimum absolute atomic E-state index is 0.00301. The fourth-order valence-corrected chi connectivity index (χ4v) is 6.26. The molecule has 2 aliphatic heterocycles. The van der Waals surface area contributed by atoms with E-state index in [0.29, 0.717) is 31.3 Å². The van der Waals surface area contributed by atoms with Crippen molar-refractivity contribution < 1.29 is 14.3 Å². The Labute approximate surface area is 217 Å². The number of nitrogens with one attached hydrogen (secondary N) is 1. The molecular formula is C29H46N4O3. The largest absolute Gasteiger partial charge is 0.377 e. The molecule has 2 heterocycles. The van der Waals surface area contributed by atoms with E-state index in [4.69, 9.17) is 10.5 Å². The Balaban J connectivity index is 1.41. The van der Waals surface area contributed by atoms with Crippen LogP contribution < -0.4 is 11.1 Å². The molecule has 1 aromatic carbocycles. The van der Waals surface area contributed by atoms with Crippen LogP contribution in [0.5, 0.6) is 0 Å². The van der Waals surface area contributed by atoms with E-state index in [1.807, 2.05) is 0 Å². The summed E-state index contributed by atoms with van der Waals surface area (Å²) in [5, 5.41) is 3.22. The third kappa shape index (κ3) is 7.30. The molecule has 1 aromatic rings. The molecule has 0 spiro atoms. The molecule has 2 unspecified atom stereocenters. The SMILES string of the molecule is CC(=O)N1CCC(N(Cc2ccc(C)cc2)CC2CCCO2)C[C@@H]1C(=O)NCC1CCC(CN)CC1. The molecule has 7 heteroatoms. The summed E-state index contributed by atoms with van der Waals surface area (Å²) in [7, 11) is 0. The van der Waals surface area contributed by atoms with Gasteiger partial charge in [-0.1, -0.05) is 29.8 Å². The summed E-state index contributed by atoms with van der Waals surface area (Å²) in [5.74, 6) is 1.14. The van der Waals surface area contributed by atoms with E-state index >= 15 is 0 Å². The summed E-state index contributed by atoms with van der Waals surface area (Å²) >= 11 is 0. The number of hydrogen-bond donors (Lipinski definition) is 2. The minimum Gasteiger partial charge on any atom is -0.377 e. The monoisotopic (exact) mass is 498 g/mol. The highest BCUT2D eigenvalue weighted by Gasteiger charge is 2.38. The molecule has 2 saturated heterocycles. The van der Waals surface area contributed by atoms with Crippen LogP contribution in [0.25, 0.3) is 0 Å². The van der Waals surface area contributed by atoms with Gasteiger partial charge >= 0.3 is 0 Å². The number of likely N-dealkylation sites (tertiary alicyclic amines) is 1. The van der Waals surface area contributed by atoms with Crippen molar-refractivity contribution in [2.24, 2.45) is 17.6 Å². The zero-order valence-electron chi connectivity index (χ0n) is 22.3. The van der Waals surface area contributed by atoms with Crippen LogP contribution in [0, 0.1) is 18.8 Å². The quantitative estimate of drug-likeness (QED) is 0.546. The van der Waals surface area contributed by atoms with Gasteiger partial charge in [-0.3, -0.25) is 14.5 Å². The van der Waals surface area contributed by atoms with Crippen LogP contribution in [0.4, 0.5) is 0 Å². The van der Waals surface area contributed by atoms with E-state index in [1.165, 1.54) is 11.1 Å². The first-order valence-corrected chi connectivity index (χ1v) is 14.1. The van der Waals surface area contributed by atoms with Crippen LogP contribution >= 0.6 is 0 Å². The van der Waals surface area contributed by atoms with Crippen molar-refractivity contribution in [3.05, 3.63) is 35.4 Å². The molecule has 3 atom stereocenters. The average molecular weight is 499 g/mol. The Morgan fingerprint density at radius 3 is 2.44 bits per heavy atom. The fourth-order valence-electron chi connectivity index (χ4n) is 6.26. The van der Waals surface area contributed by atoms with E-state index in [9.17, 15) is 9.59 Å². The molecule has 7 nitrogen and oxygen atoms in total. The summed E-state index contributed by atoms with van der Waals surface area (Å²) in [4.78, 5) is 30.2. The Morgan fingerprint density at radius 1 is 1.08 bits per heavy atom.